The molecule has 0 aliphatic heterocycles. The standard InChI is InChI=1S/C32H37N3O4S/c1-2-40-28-10-6-9-27(21-28)34-32(39)35-30(24-13-11-23(12-14-24)22-7-4-3-5-8-22)25-15-17-26(18-16-25)31(38)33-20-19-29(36)37/h6,9-18,21-22,30H,2-5,7-8,19-20H2,1H3,(H,33,38)(H,36,37)(H2,34,35,39). The molecule has 4 N–H and O–H groups in total. The van der Waals surface area contributed by atoms with Crippen LogP contribution in [0, 0.1) is 0 Å². The van der Waals surface area contributed by atoms with Crippen molar-refractivity contribution >= 4 is 35.4 Å². The van der Waals surface area contributed by atoms with Crippen molar-refractivity contribution in [2.75, 3.05) is 17.6 Å². The number of hydrogen-bond donors (Lipinski definition) is 4. The highest BCUT2D eigenvalue weighted by molar-refractivity contribution is 7.99. The summed E-state index contributed by atoms with van der Waals surface area (Å²) in [6, 6.07) is 22.6. The third kappa shape index (κ3) is 8.36. The molecular weight excluding hydrogens is 522 g/mol. The fraction of sp³-hybridized carbons (Fsp3) is 0.344. The number of carbonyl (C=O) groups is 3. The van der Waals surface area contributed by atoms with Crippen molar-refractivity contribution in [1.29, 1.82) is 0 Å². The van der Waals surface area contributed by atoms with Gasteiger partial charge >= 0.3 is 12.0 Å². The first-order chi connectivity index (χ1) is 19.4. The molecule has 1 unspecified atom stereocenters. The van der Waals surface area contributed by atoms with Crippen molar-refractivity contribution in [2.24, 2.45) is 0 Å². The molecule has 3 amide bonds. The number of amides is 3. The smallest absolute Gasteiger partial charge is 0.319 e. The minimum atomic E-state index is -0.965. The molecule has 3 aromatic rings. The van der Waals surface area contributed by atoms with Crippen LogP contribution in [0.1, 0.15) is 84.5 Å². The van der Waals surface area contributed by atoms with Crippen LogP contribution < -0.4 is 16.0 Å². The molecule has 3 aromatic carbocycles. The zero-order valence-corrected chi connectivity index (χ0v) is 23.6. The van der Waals surface area contributed by atoms with Gasteiger partial charge in [-0.05, 0) is 71.5 Å². The minimum Gasteiger partial charge on any atom is -0.481 e. The maximum absolute atomic E-state index is 13.2. The van der Waals surface area contributed by atoms with Crippen molar-refractivity contribution in [2.45, 2.75) is 62.3 Å². The fourth-order valence-electron chi connectivity index (χ4n) is 5.10. The summed E-state index contributed by atoms with van der Waals surface area (Å²) in [6.45, 7) is 2.15. The van der Waals surface area contributed by atoms with Crippen LogP contribution in [0.15, 0.2) is 77.7 Å². The van der Waals surface area contributed by atoms with Gasteiger partial charge in [0.2, 0.25) is 0 Å². The zero-order chi connectivity index (χ0) is 28.3. The van der Waals surface area contributed by atoms with Crippen molar-refractivity contribution in [3.8, 4) is 0 Å². The number of urea groups is 1. The van der Waals surface area contributed by atoms with E-state index in [0.717, 1.165) is 27.5 Å². The molecular formula is C32H37N3O4S. The van der Waals surface area contributed by atoms with E-state index >= 15 is 0 Å². The number of thioether (sulfide) groups is 1. The van der Waals surface area contributed by atoms with Crippen molar-refractivity contribution in [1.82, 2.24) is 10.6 Å². The summed E-state index contributed by atoms with van der Waals surface area (Å²) >= 11 is 1.71. The van der Waals surface area contributed by atoms with E-state index in [-0.39, 0.29) is 24.9 Å². The molecule has 1 aliphatic rings. The lowest BCUT2D eigenvalue weighted by Gasteiger charge is -2.24. The highest BCUT2D eigenvalue weighted by Crippen LogP contribution is 2.33. The maximum atomic E-state index is 13.2. The van der Waals surface area contributed by atoms with E-state index in [1.807, 2.05) is 36.4 Å². The largest absolute Gasteiger partial charge is 0.481 e. The molecule has 40 heavy (non-hydrogen) atoms. The molecule has 0 heterocycles. The van der Waals surface area contributed by atoms with E-state index in [2.05, 4.69) is 47.1 Å². The second-order valence-electron chi connectivity index (χ2n) is 10.0. The van der Waals surface area contributed by atoms with E-state index in [1.165, 1.54) is 37.7 Å². The van der Waals surface area contributed by atoms with Gasteiger partial charge in [0, 0.05) is 22.7 Å². The number of rotatable bonds is 11. The van der Waals surface area contributed by atoms with Crippen LogP contribution in [0.5, 0.6) is 0 Å². The SMILES string of the molecule is CCSc1cccc(NC(=O)NC(c2ccc(C(=O)NCCC(=O)O)cc2)c2ccc(C3CCCCC3)cc2)c1. The number of carbonyl (C=O) groups excluding carboxylic acids is 2. The summed E-state index contributed by atoms with van der Waals surface area (Å²) in [4.78, 5) is 37.4. The number of anilines is 1. The van der Waals surface area contributed by atoms with Gasteiger partial charge in [0.25, 0.3) is 5.91 Å². The summed E-state index contributed by atoms with van der Waals surface area (Å²) in [5.41, 5.74) is 4.26. The Morgan fingerprint density at radius 3 is 2.25 bits per heavy atom. The van der Waals surface area contributed by atoms with Gasteiger partial charge < -0.3 is 21.1 Å². The molecule has 8 heteroatoms. The van der Waals surface area contributed by atoms with Crippen LogP contribution in [0.3, 0.4) is 0 Å². The first-order valence-electron chi connectivity index (χ1n) is 13.9. The summed E-state index contributed by atoms with van der Waals surface area (Å²) in [5, 5.41) is 17.5. The molecule has 0 bridgehead atoms. The Balaban J connectivity index is 1.53. The molecule has 4 rings (SSSR count). The predicted octanol–water partition coefficient (Wildman–Crippen LogP) is 6.96. The van der Waals surface area contributed by atoms with Gasteiger partial charge in [0.05, 0.1) is 12.5 Å². The Bertz CT molecular complexity index is 1290. The van der Waals surface area contributed by atoms with E-state index < -0.39 is 12.0 Å². The van der Waals surface area contributed by atoms with Crippen LogP contribution >= 0.6 is 11.8 Å². The molecule has 0 saturated heterocycles. The molecule has 1 aliphatic carbocycles. The predicted molar refractivity (Wildman–Crippen MR) is 160 cm³/mol. The number of carboxylic acids is 1. The third-order valence-corrected chi connectivity index (χ3v) is 8.03. The zero-order valence-electron chi connectivity index (χ0n) is 22.8. The van der Waals surface area contributed by atoms with E-state index in [0.29, 0.717) is 11.5 Å². The number of aliphatic carboxylic acids is 1. The molecule has 7 nitrogen and oxygen atoms in total. The van der Waals surface area contributed by atoms with E-state index in [1.54, 1.807) is 23.9 Å². The Kier molecular flexibility index (Phi) is 10.6. The average Bonchev–Trinajstić information content (AvgIpc) is 2.97. The van der Waals surface area contributed by atoms with Crippen LogP contribution in [-0.4, -0.2) is 35.3 Å². The van der Waals surface area contributed by atoms with Crippen molar-refractivity contribution < 1.29 is 19.5 Å². The summed E-state index contributed by atoms with van der Waals surface area (Å²) < 4.78 is 0. The summed E-state index contributed by atoms with van der Waals surface area (Å²) in [6.07, 6.45) is 6.14. The third-order valence-electron chi connectivity index (χ3n) is 7.16. The highest BCUT2D eigenvalue weighted by Gasteiger charge is 2.20. The first-order valence-corrected chi connectivity index (χ1v) is 14.9. The number of carboxylic acid groups (broad SMARTS) is 1. The molecule has 1 atom stereocenters. The Morgan fingerprint density at radius 2 is 1.60 bits per heavy atom. The van der Waals surface area contributed by atoms with Crippen LogP contribution in [0.2, 0.25) is 0 Å². The molecule has 1 saturated carbocycles. The maximum Gasteiger partial charge on any atom is 0.319 e. The van der Waals surface area contributed by atoms with Crippen molar-refractivity contribution in [3.63, 3.8) is 0 Å². The highest BCUT2D eigenvalue weighted by atomic mass is 32.2. The van der Waals surface area contributed by atoms with Gasteiger partial charge in [-0.3, -0.25) is 9.59 Å². The number of benzene rings is 3. The quantitative estimate of drug-likeness (QED) is 0.190. The Morgan fingerprint density at radius 1 is 0.925 bits per heavy atom. The topological polar surface area (TPSA) is 108 Å². The van der Waals surface area contributed by atoms with E-state index in [9.17, 15) is 14.4 Å². The lowest BCUT2D eigenvalue weighted by atomic mass is 9.83. The van der Waals surface area contributed by atoms with Gasteiger partial charge in [0.15, 0.2) is 0 Å². The average molecular weight is 560 g/mol. The van der Waals surface area contributed by atoms with Gasteiger partial charge in [-0.15, -0.1) is 11.8 Å². The first kappa shape index (κ1) is 29.2. The Labute approximate surface area is 240 Å². The summed E-state index contributed by atoms with van der Waals surface area (Å²) in [5.74, 6) is 0.233. The van der Waals surface area contributed by atoms with E-state index in [4.69, 9.17) is 5.11 Å². The molecule has 210 valence electrons. The lowest BCUT2D eigenvalue weighted by molar-refractivity contribution is -0.136. The van der Waals surface area contributed by atoms with Gasteiger partial charge in [0.1, 0.15) is 0 Å². The monoisotopic (exact) mass is 559 g/mol. The molecule has 0 radical (unpaired) electrons. The molecule has 0 aromatic heterocycles. The second kappa shape index (κ2) is 14.6. The van der Waals surface area contributed by atoms with Crippen LogP contribution in [0.4, 0.5) is 10.5 Å². The lowest BCUT2D eigenvalue weighted by Crippen LogP contribution is -2.33. The Hall–Kier alpha value is -3.78. The normalized spacial score (nSPS) is 14.2. The van der Waals surface area contributed by atoms with Crippen LogP contribution in [0.25, 0.3) is 0 Å². The number of hydrogen-bond acceptors (Lipinski definition) is 4. The summed E-state index contributed by atoms with van der Waals surface area (Å²) in [7, 11) is 0. The fourth-order valence-corrected chi connectivity index (χ4v) is 5.81. The van der Waals surface area contributed by atoms with Gasteiger partial charge in [-0.1, -0.05) is 68.7 Å². The van der Waals surface area contributed by atoms with Crippen molar-refractivity contribution in [3.05, 3.63) is 95.1 Å². The van der Waals surface area contributed by atoms with Gasteiger partial charge in [-0.2, -0.15) is 0 Å². The van der Waals surface area contributed by atoms with Gasteiger partial charge in [-0.25, -0.2) is 4.79 Å². The molecule has 0 spiro atoms. The minimum absolute atomic E-state index is 0.0611. The number of nitrogens with one attached hydrogen (secondary N) is 3. The second-order valence-corrected chi connectivity index (χ2v) is 11.4. The van der Waals surface area contributed by atoms with Crippen LogP contribution in [-0.2, 0) is 4.79 Å². The molecule has 1 fully saturated rings.